The van der Waals surface area contributed by atoms with Crippen LogP contribution in [0.1, 0.15) is 36.7 Å². The van der Waals surface area contributed by atoms with E-state index >= 15 is 0 Å². The predicted molar refractivity (Wildman–Crippen MR) is 112 cm³/mol. The van der Waals surface area contributed by atoms with Crippen molar-refractivity contribution in [1.29, 1.82) is 0 Å². The summed E-state index contributed by atoms with van der Waals surface area (Å²) in [6.45, 7) is 6.27. The van der Waals surface area contributed by atoms with Crippen LogP contribution < -0.4 is 10.9 Å². The number of pyridine rings is 1. The molecule has 0 atom stereocenters. The lowest BCUT2D eigenvalue weighted by Gasteiger charge is -2.19. The molecule has 148 valence electrons. The number of H-pyrrole nitrogens is 1. The highest BCUT2D eigenvalue weighted by atomic mass is 16.6. The van der Waals surface area contributed by atoms with Crippen LogP contribution in [0.4, 0.5) is 11.4 Å². The summed E-state index contributed by atoms with van der Waals surface area (Å²) in [6.07, 6.45) is 1.50. The Labute approximate surface area is 167 Å². The van der Waals surface area contributed by atoms with E-state index in [0.717, 1.165) is 5.56 Å². The molecular formula is C22H21N3O4. The Hall–Kier alpha value is -3.74. The van der Waals surface area contributed by atoms with Gasteiger partial charge in [0, 0.05) is 29.5 Å². The quantitative estimate of drug-likeness (QED) is 0.504. The van der Waals surface area contributed by atoms with Crippen molar-refractivity contribution < 1.29 is 9.72 Å². The zero-order chi connectivity index (χ0) is 21.2. The number of nitro benzene ring substituents is 1. The van der Waals surface area contributed by atoms with Gasteiger partial charge in [-0.1, -0.05) is 32.9 Å². The number of non-ortho nitro benzene ring substituents is 1. The largest absolute Gasteiger partial charge is 0.327 e. The summed E-state index contributed by atoms with van der Waals surface area (Å²) in [6, 6.07) is 14.7. The highest BCUT2D eigenvalue weighted by Gasteiger charge is 2.15. The Balaban J connectivity index is 1.84. The number of anilines is 1. The fraction of sp³-hybridized carbons (Fsp3) is 0.182. The van der Waals surface area contributed by atoms with Gasteiger partial charge in [0.2, 0.25) is 0 Å². The van der Waals surface area contributed by atoms with E-state index in [1.165, 1.54) is 18.3 Å². The number of carbonyl (C=O) groups excluding carboxylic acids is 1. The minimum absolute atomic E-state index is 0.0226. The van der Waals surface area contributed by atoms with E-state index < -0.39 is 16.4 Å². The zero-order valence-electron chi connectivity index (χ0n) is 16.4. The number of nitrogens with zero attached hydrogens (tertiary/aromatic N) is 1. The van der Waals surface area contributed by atoms with Crippen LogP contribution in [0, 0.1) is 10.1 Å². The first kappa shape index (κ1) is 20.0. The average Bonchev–Trinajstić information content (AvgIpc) is 2.69. The van der Waals surface area contributed by atoms with Crippen molar-refractivity contribution in [3.05, 3.63) is 92.4 Å². The highest BCUT2D eigenvalue weighted by Crippen LogP contribution is 2.24. The maximum Gasteiger partial charge on any atom is 0.271 e. The molecule has 0 fully saturated rings. The number of nitrogens with one attached hydrogen (secondary N) is 2. The van der Waals surface area contributed by atoms with Gasteiger partial charge in [0.25, 0.3) is 17.2 Å². The van der Waals surface area contributed by atoms with Gasteiger partial charge in [0.05, 0.1) is 4.92 Å². The molecule has 0 aliphatic carbocycles. The van der Waals surface area contributed by atoms with Gasteiger partial charge >= 0.3 is 0 Å². The van der Waals surface area contributed by atoms with E-state index in [4.69, 9.17) is 0 Å². The van der Waals surface area contributed by atoms with Crippen molar-refractivity contribution in [2.45, 2.75) is 26.2 Å². The lowest BCUT2D eigenvalue weighted by Crippen LogP contribution is -2.20. The summed E-state index contributed by atoms with van der Waals surface area (Å²) >= 11 is 0. The lowest BCUT2D eigenvalue weighted by molar-refractivity contribution is -0.384. The molecule has 1 aromatic heterocycles. The second-order valence-electron chi connectivity index (χ2n) is 7.72. The number of carbonyl (C=O) groups is 1. The zero-order valence-corrected chi connectivity index (χ0v) is 16.4. The van der Waals surface area contributed by atoms with Gasteiger partial charge in [-0.05, 0) is 46.9 Å². The van der Waals surface area contributed by atoms with Crippen LogP contribution in [0.15, 0.2) is 65.6 Å². The highest BCUT2D eigenvalue weighted by molar-refractivity contribution is 6.04. The number of hydrogen-bond acceptors (Lipinski definition) is 4. The first-order valence-electron chi connectivity index (χ1n) is 9.04. The number of hydrogen-bond donors (Lipinski definition) is 2. The van der Waals surface area contributed by atoms with Crippen molar-refractivity contribution in [1.82, 2.24) is 4.98 Å². The predicted octanol–water partition coefficient (Wildman–Crippen LogP) is 4.50. The minimum Gasteiger partial charge on any atom is -0.327 e. The Morgan fingerprint density at radius 2 is 1.62 bits per heavy atom. The average molecular weight is 391 g/mol. The van der Waals surface area contributed by atoms with Crippen LogP contribution in [0.5, 0.6) is 0 Å². The smallest absolute Gasteiger partial charge is 0.271 e. The van der Waals surface area contributed by atoms with Gasteiger partial charge < -0.3 is 10.3 Å². The number of aromatic nitrogens is 1. The standard InChI is InChI=1S/C22H21N3O4/c1-22(2,3)17-8-4-15(5-9-17)20(26)24-19-12-16(13-23-21(19)27)14-6-10-18(11-7-14)25(28)29/h4-13H,1-3H3,(H,23,27)(H,24,26). The molecule has 7 nitrogen and oxygen atoms in total. The van der Waals surface area contributed by atoms with Crippen LogP contribution in [0.2, 0.25) is 0 Å². The van der Waals surface area contributed by atoms with Gasteiger partial charge in [-0.3, -0.25) is 19.7 Å². The summed E-state index contributed by atoms with van der Waals surface area (Å²) in [4.78, 5) is 37.6. The number of nitro groups is 1. The molecule has 0 saturated carbocycles. The van der Waals surface area contributed by atoms with E-state index in [-0.39, 0.29) is 16.8 Å². The third-order valence-electron chi connectivity index (χ3n) is 4.58. The van der Waals surface area contributed by atoms with E-state index in [2.05, 4.69) is 31.1 Å². The molecule has 0 aliphatic rings. The molecule has 3 rings (SSSR count). The van der Waals surface area contributed by atoms with Gasteiger partial charge in [-0.15, -0.1) is 0 Å². The summed E-state index contributed by atoms with van der Waals surface area (Å²) in [7, 11) is 0. The molecule has 2 N–H and O–H groups in total. The molecule has 0 spiro atoms. The number of rotatable bonds is 4. The Bertz CT molecular complexity index is 1110. The second-order valence-corrected chi connectivity index (χ2v) is 7.72. The topological polar surface area (TPSA) is 105 Å². The molecule has 0 bridgehead atoms. The number of benzene rings is 2. The fourth-order valence-corrected chi connectivity index (χ4v) is 2.83. The maximum absolute atomic E-state index is 12.6. The third-order valence-corrected chi connectivity index (χ3v) is 4.58. The first-order valence-corrected chi connectivity index (χ1v) is 9.04. The van der Waals surface area contributed by atoms with Crippen LogP contribution in [0.3, 0.4) is 0 Å². The van der Waals surface area contributed by atoms with Gasteiger partial charge in [-0.25, -0.2) is 0 Å². The third kappa shape index (κ3) is 4.57. The molecule has 0 saturated heterocycles. The van der Waals surface area contributed by atoms with Crippen molar-refractivity contribution in [3.63, 3.8) is 0 Å². The summed E-state index contributed by atoms with van der Waals surface area (Å²) < 4.78 is 0. The molecule has 3 aromatic rings. The summed E-state index contributed by atoms with van der Waals surface area (Å²) in [5.41, 5.74) is 2.47. The van der Waals surface area contributed by atoms with Crippen LogP contribution in [-0.2, 0) is 5.41 Å². The van der Waals surface area contributed by atoms with E-state index in [1.807, 2.05) is 12.1 Å². The molecule has 0 unspecified atom stereocenters. The normalized spacial score (nSPS) is 11.1. The summed E-state index contributed by atoms with van der Waals surface area (Å²) in [5.74, 6) is -0.392. The summed E-state index contributed by atoms with van der Waals surface area (Å²) in [5, 5.41) is 13.4. The molecule has 7 heteroatoms. The Morgan fingerprint density at radius 3 is 2.17 bits per heavy atom. The molecule has 0 radical (unpaired) electrons. The molecular weight excluding hydrogens is 370 g/mol. The SMILES string of the molecule is CC(C)(C)c1ccc(C(=O)Nc2cc(-c3ccc([N+](=O)[O-])cc3)c[nH]c2=O)cc1. The van der Waals surface area contributed by atoms with E-state index in [1.54, 1.807) is 30.3 Å². The van der Waals surface area contributed by atoms with Crippen molar-refractivity contribution >= 4 is 17.3 Å². The minimum atomic E-state index is -0.479. The molecule has 1 amide bonds. The van der Waals surface area contributed by atoms with Crippen molar-refractivity contribution in [2.75, 3.05) is 5.32 Å². The Morgan fingerprint density at radius 1 is 1.00 bits per heavy atom. The number of amides is 1. The van der Waals surface area contributed by atoms with Gasteiger partial charge in [0.1, 0.15) is 5.69 Å². The van der Waals surface area contributed by atoms with Gasteiger partial charge in [0.15, 0.2) is 0 Å². The first-order chi connectivity index (χ1) is 13.6. The maximum atomic E-state index is 12.6. The second kappa shape index (κ2) is 7.71. The monoisotopic (exact) mass is 391 g/mol. The van der Waals surface area contributed by atoms with Crippen LogP contribution in [-0.4, -0.2) is 15.8 Å². The van der Waals surface area contributed by atoms with E-state index in [9.17, 15) is 19.7 Å². The van der Waals surface area contributed by atoms with Gasteiger partial charge in [-0.2, -0.15) is 0 Å². The van der Waals surface area contributed by atoms with E-state index in [0.29, 0.717) is 16.7 Å². The lowest BCUT2D eigenvalue weighted by atomic mass is 9.87. The van der Waals surface area contributed by atoms with Crippen molar-refractivity contribution in [3.8, 4) is 11.1 Å². The van der Waals surface area contributed by atoms with Crippen LogP contribution in [0.25, 0.3) is 11.1 Å². The number of aromatic amines is 1. The fourth-order valence-electron chi connectivity index (χ4n) is 2.83. The van der Waals surface area contributed by atoms with Crippen molar-refractivity contribution in [2.24, 2.45) is 0 Å². The molecule has 2 aromatic carbocycles. The molecule has 1 heterocycles. The molecule has 0 aliphatic heterocycles. The van der Waals surface area contributed by atoms with Crippen LogP contribution >= 0.6 is 0 Å². The molecule has 29 heavy (non-hydrogen) atoms. The Kier molecular flexibility index (Phi) is 5.32.